The second-order valence-corrected chi connectivity index (χ2v) is 5.90. The van der Waals surface area contributed by atoms with Gasteiger partial charge in [-0.3, -0.25) is 14.9 Å². The van der Waals surface area contributed by atoms with E-state index in [9.17, 15) is 9.59 Å². The van der Waals surface area contributed by atoms with E-state index in [0.717, 1.165) is 11.3 Å². The van der Waals surface area contributed by atoms with E-state index in [-0.39, 0.29) is 12.3 Å². The summed E-state index contributed by atoms with van der Waals surface area (Å²) in [6.07, 6.45) is 2.69. The van der Waals surface area contributed by atoms with E-state index < -0.39 is 5.97 Å². The largest absolute Gasteiger partial charge is 0.481 e. The number of carbonyl (C=O) groups excluding carboxylic acids is 1. The van der Waals surface area contributed by atoms with Gasteiger partial charge in [0.2, 0.25) is 5.91 Å². The number of amides is 1. The Morgan fingerprint density at radius 2 is 2.14 bits per heavy atom. The molecule has 0 bridgehead atoms. The highest BCUT2D eigenvalue weighted by atomic mass is 35.5. The number of aromatic nitrogens is 1. The second-order valence-electron chi connectivity index (χ2n) is 4.20. The summed E-state index contributed by atoms with van der Waals surface area (Å²) in [6.45, 7) is 0. The van der Waals surface area contributed by atoms with Crippen LogP contribution in [0.4, 0.5) is 5.13 Å². The number of carbonyl (C=O) groups is 2. The molecule has 0 atom stereocenters. The third kappa shape index (κ3) is 4.84. The summed E-state index contributed by atoms with van der Waals surface area (Å²) < 4.78 is 0. The quantitative estimate of drug-likeness (QED) is 0.800. The Balaban J connectivity index is 1.99. The van der Waals surface area contributed by atoms with Gasteiger partial charge >= 0.3 is 5.97 Å². The molecular weight excluding hydrogens is 347 g/mol. The Labute approximate surface area is 140 Å². The van der Waals surface area contributed by atoms with E-state index in [1.807, 2.05) is 0 Å². The van der Waals surface area contributed by atoms with Crippen LogP contribution in [0, 0.1) is 0 Å². The molecule has 0 fully saturated rings. The zero-order valence-corrected chi connectivity index (χ0v) is 13.4. The minimum absolute atomic E-state index is 0.178. The number of carboxylic acid groups (broad SMARTS) is 1. The number of nitrogens with one attached hydrogen (secondary N) is 1. The summed E-state index contributed by atoms with van der Waals surface area (Å²) in [6, 6.07) is 4.95. The summed E-state index contributed by atoms with van der Waals surface area (Å²) >= 11 is 12.9. The highest BCUT2D eigenvalue weighted by Crippen LogP contribution is 2.22. The van der Waals surface area contributed by atoms with E-state index in [4.69, 9.17) is 28.3 Å². The number of aliphatic carboxylic acids is 1. The normalized spacial score (nSPS) is 10.8. The highest BCUT2D eigenvalue weighted by molar-refractivity contribution is 7.14. The first-order valence-electron chi connectivity index (χ1n) is 6.04. The molecule has 1 aromatic carbocycles. The number of nitrogens with zero attached hydrogens (tertiary/aromatic N) is 1. The SMILES string of the molecule is O=C(O)Cc1csc(NC(=O)/C=C/c2ccc(Cl)cc2Cl)n1. The lowest BCUT2D eigenvalue weighted by atomic mass is 10.2. The number of hydrogen-bond acceptors (Lipinski definition) is 4. The maximum absolute atomic E-state index is 11.8. The van der Waals surface area contributed by atoms with Gasteiger partial charge < -0.3 is 5.11 Å². The van der Waals surface area contributed by atoms with Gasteiger partial charge in [0.15, 0.2) is 5.13 Å². The zero-order valence-electron chi connectivity index (χ0n) is 11.0. The predicted molar refractivity (Wildman–Crippen MR) is 87.6 cm³/mol. The molecule has 1 aromatic heterocycles. The fraction of sp³-hybridized carbons (Fsp3) is 0.0714. The molecule has 0 saturated carbocycles. The molecule has 0 radical (unpaired) electrons. The highest BCUT2D eigenvalue weighted by Gasteiger charge is 2.07. The lowest BCUT2D eigenvalue weighted by molar-refractivity contribution is -0.136. The summed E-state index contributed by atoms with van der Waals surface area (Å²) in [5.74, 6) is -1.36. The maximum Gasteiger partial charge on any atom is 0.309 e. The summed E-state index contributed by atoms with van der Waals surface area (Å²) in [5, 5.41) is 14.1. The summed E-state index contributed by atoms with van der Waals surface area (Å²) in [4.78, 5) is 26.3. The second kappa shape index (κ2) is 7.40. The van der Waals surface area contributed by atoms with E-state index in [1.54, 1.807) is 29.7 Å². The molecule has 0 aliphatic rings. The average molecular weight is 357 g/mol. The third-order valence-corrected chi connectivity index (χ3v) is 3.86. The van der Waals surface area contributed by atoms with E-state index in [2.05, 4.69) is 10.3 Å². The van der Waals surface area contributed by atoms with E-state index in [0.29, 0.717) is 26.4 Å². The number of benzene rings is 1. The molecule has 0 unspecified atom stereocenters. The smallest absolute Gasteiger partial charge is 0.309 e. The van der Waals surface area contributed by atoms with Crippen molar-refractivity contribution in [3.63, 3.8) is 0 Å². The van der Waals surface area contributed by atoms with Crippen molar-refractivity contribution in [2.45, 2.75) is 6.42 Å². The Kier molecular flexibility index (Phi) is 5.54. The number of carboxylic acids is 1. The first-order chi connectivity index (χ1) is 10.4. The standard InChI is InChI=1S/C14H10Cl2N2O3S/c15-9-3-1-8(11(16)5-9)2-4-12(19)18-14-17-10(7-22-14)6-13(20)21/h1-5,7H,6H2,(H,20,21)(H,17,18,19)/b4-2+. The van der Waals surface area contributed by atoms with Gasteiger partial charge in [0.1, 0.15) is 0 Å². The maximum atomic E-state index is 11.8. The van der Waals surface area contributed by atoms with Crippen LogP contribution in [-0.2, 0) is 16.0 Å². The lowest BCUT2D eigenvalue weighted by Gasteiger charge is -1.99. The number of rotatable bonds is 5. The van der Waals surface area contributed by atoms with Gasteiger partial charge in [-0.1, -0.05) is 29.3 Å². The molecule has 8 heteroatoms. The van der Waals surface area contributed by atoms with Gasteiger partial charge in [0.25, 0.3) is 0 Å². The fourth-order valence-corrected chi connectivity index (χ4v) is 2.73. The van der Waals surface area contributed by atoms with Gasteiger partial charge in [-0.05, 0) is 23.8 Å². The van der Waals surface area contributed by atoms with E-state index in [1.165, 1.54) is 6.08 Å². The first kappa shape index (κ1) is 16.5. The van der Waals surface area contributed by atoms with Crippen LogP contribution >= 0.6 is 34.5 Å². The number of thiazole rings is 1. The van der Waals surface area contributed by atoms with Crippen LogP contribution < -0.4 is 5.32 Å². The van der Waals surface area contributed by atoms with Crippen LogP contribution in [-0.4, -0.2) is 22.0 Å². The van der Waals surface area contributed by atoms with E-state index >= 15 is 0 Å². The summed E-state index contributed by atoms with van der Waals surface area (Å²) in [5.41, 5.74) is 1.06. The molecule has 0 spiro atoms. The van der Waals surface area contributed by atoms with Gasteiger partial charge in [0, 0.05) is 21.5 Å². The molecule has 0 aliphatic heterocycles. The van der Waals surface area contributed by atoms with Crippen molar-refractivity contribution in [1.82, 2.24) is 4.98 Å². The molecule has 2 rings (SSSR count). The average Bonchev–Trinajstić information content (AvgIpc) is 2.84. The van der Waals surface area contributed by atoms with Crippen LogP contribution in [0.3, 0.4) is 0 Å². The Morgan fingerprint density at radius 3 is 2.82 bits per heavy atom. The van der Waals surface area contributed by atoms with Crippen molar-refractivity contribution in [3.05, 3.63) is 51.0 Å². The van der Waals surface area contributed by atoms with Crippen LogP contribution in [0.15, 0.2) is 29.7 Å². The lowest BCUT2D eigenvalue weighted by Crippen LogP contribution is -2.08. The van der Waals surface area contributed by atoms with Gasteiger partial charge in [0.05, 0.1) is 12.1 Å². The Hall–Kier alpha value is -1.89. The molecule has 1 heterocycles. The van der Waals surface area contributed by atoms with Crippen molar-refractivity contribution < 1.29 is 14.7 Å². The molecule has 1 amide bonds. The fourth-order valence-electron chi connectivity index (χ4n) is 1.55. The minimum atomic E-state index is -0.972. The molecule has 114 valence electrons. The monoisotopic (exact) mass is 356 g/mol. The van der Waals surface area contributed by atoms with Crippen LogP contribution in [0.1, 0.15) is 11.3 Å². The van der Waals surface area contributed by atoms with Crippen LogP contribution in [0.5, 0.6) is 0 Å². The van der Waals surface area contributed by atoms with Crippen LogP contribution in [0.25, 0.3) is 6.08 Å². The predicted octanol–water partition coefficient (Wildman–Crippen LogP) is 3.73. The minimum Gasteiger partial charge on any atom is -0.481 e. The Bertz CT molecular complexity index is 743. The van der Waals surface area contributed by atoms with Crippen molar-refractivity contribution in [2.75, 3.05) is 5.32 Å². The van der Waals surface area contributed by atoms with Gasteiger partial charge in [-0.2, -0.15) is 0 Å². The molecule has 22 heavy (non-hydrogen) atoms. The first-order valence-corrected chi connectivity index (χ1v) is 7.68. The molecule has 0 saturated heterocycles. The topological polar surface area (TPSA) is 79.3 Å². The number of anilines is 1. The molecule has 5 nitrogen and oxygen atoms in total. The molecular formula is C14H10Cl2N2O3S. The zero-order chi connectivity index (χ0) is 16.1. The van der Waals surface area contributed by atoms with Crippen LogP contribution in [0.2, 0.25) is 10.0 Å². The molecule has 2 aromatic rings. The molecule has 0 aliphatic carbocycles. The summed E-state index contributed by atoms with van der Waals surface area (Å²) in [7, 11) is 0. The van der Waals surface area contributed by atoms with Gasteiger partial charge in [-0.25, -0.2) is 4.98 Å². The van der Waals surface area contributed by atoms with Crippen molar-refractivity contribution in [1.29, 1.82) is 0 Å². The van der Waals surface area contributed by atoms with Gasteiger partial charge in [-0.15, -0.1) is 11.3 Å². The molecule has 2 N–H and O–H groups in total. The number of hydrogen-bond donors (Lipinski definition) is 2. The third-order valence-electron chi connectivity index (χ3n) is 2.49. The number of halogens is 2. The Morgan fingerprint density at radius 1 is 1.36 bits per heavy atom. The van der Waals surface area contributed by atoms with Crippen molar-refractivity contribution in [2.24, 2.45) is 0 Å². The van der Waals surface area contributed by atoms with Crippen molar-refractivity contribution in [3.8, 4) is 0 Å². The van der Waals surface area contributed by atoms with Crippen molar-refractivity contribution >= 4 is 57.6 Å².